The molecule has 0 radical (unpaired) electrons. The Kier molecular flexibility index (Phi) is 7.19. The lowest BCUT2D eigenvalue weighted by Gasteiger charge is -2.24. The second kappa shape index (κ2) is 9.16. The highest BCUT2D eigenvalue weighted by atomic mass is 32.1. The predicted molar refractivity (Wildman–Crippen MR) is 96.8 cm³/mol. The fraction of sp³-hybridized carbons (Fsp3) is 0.706. The Bertz CT molecular complexity index is 444. The summed E-state index contributed by atoms with van der Waals surface area (Å²) in [5.41, 5.74) is 0. The molecule has 2 heterocycles. The van der Waals surface area contributed by atoms with Crippen LogP contribution in [-0.4, -0.2) is 50.1 Å². The van der Waals surface area contributed by atoms with E-state index in [-0.39, 0.29) is 0 Å². The Labute approximate surface area is 139 Å². The first-order valence-electron chi connectivity index (χ1n) is 8.43. The minimum Gasteiger partial charge on any atom is -0.356 e. The minimum atomic E-state index is 0.607. The minimum absolute atomic E-state index is 0.607. The zero-order valence-electron chi connectivity index (χ0n) is 14.1. The van der Waals surface area contributed by atoms with E-state index in [0.717, 1.165) is 32.0 Å². The summed E-state index contributed by atoms with van der Waals surface area (Å²) in [5.74, 6) is 1.54. The molecule has 1 fully saturated rings. The molecule has 0 aliphatic carbocycles. The zero-order valence-corrected chi connectivity index (χ0v) is 15.0. The van der Waals surface area contributed by atoms with Crippen LogP contribution >= 0.6 is 11.3 Å². The van der Waals surface area contributed by atoms with Crippen LogP contribution in [0.25, 0.3) is 0 Å². The molecule has 0 bridgehead atoms. The highest BCUT2D eigenvalue weighted by molar-refractivity contribution is 7.09. The van der Waals surface area contributed by atoms with E-state index in [4.69, 9.17) is 0 Å². The number of rotatable bonds is 7. The van der Waals surface area contributed by atoms with Crippen molar-refractivity contribution in [3.05, 3.63) is 22.4 Å². The third-order valence-electron chi connectivity index (χ3n) is 4.38. The van der Waals surface area contributed by atoms with Crippen LogP contribution in [0.4, 0.5) is 0 Å². The number of thiophene rings is 1. The molecule has 1 aromatic heterocycles. The van der Waals surface area contributed by atoms with Crippen LogP contribution in [0.1, 0.15) is 31.6 Å². The molecule has 0 saturated carbocycles. The quantitative estimate of drug-likeness (QED) is 0.599. The number of hydrogen-bond acceptors (Lipinski definition) is 3. The molecule has 1 aliphatic rings. The van der Waals surface area contributed by atoms with Crippen LogP contribution in [0.2, 0.25) is 0 Å². The maximum atomic E-state index is 4.35. The Morgan fingerprint density at radius 3 is 3.05 bits per heavy atom. The molecule has 5 heteroatoms. The van der Waals surface area contributed by atoms with Crippen LogP contribution in [0.3, 0.4) is 0 Å². The molecule has 4 nitrogen and oxygen atoms in total. The van der Waals surface area contributed by atoms with Crippen molar-refractivity contribution in [1.82, 2.24) is 15.5 Å². The van der Waals surface area contributed by atoms with Crippen molar-refractivity contribution in [1.29, 1.82) is 0 Å². The van der Waals surface area contributed by atoms with E-state index in [1.165, 1.54) is 24.3 Å². The molecule has 2 unspecified atom stereocenters. The normalized spacial score (nSPS) is 21.0. The zero-order chi connectivity index (χ0) is 15.8. The van der Waals surface area contributed by atoms with E-state index in [1.54, 1.807) is 0 Å². The van der Waals surface area contributed by atoms with Gasteiger partial charge in [0.1, 0.15) is 0 Å². The van der Waals surface area contributed by atoms with Crippen LogP contribution in [-0.2, 0) is 6.42 Å². The van der Waals surface area contributed by atoms with E-state index in [0.29, 0.717) is 12.0 Å². The van der Waals surface area contributed by atoms with Gasteiger partial charge in [-0.25, -0.2) is 0 Å². The summed E-state index contributed by atoms with van der Waals surface area (Å²) in [6.45, 7) is 8.88. The average molecular weight is 323 g/mol. The second-order valence-electron chi connectivity index (χ2n) is 6.15. The second-order valence-corrected chi connectivity index (χ2v) is 7.18. The van der Waals surface area contributed by atoms with Gasteiger partial charge in [-0.15, -0.1) is 11.3 Å². The molecule has 1 aliphatic heterocycles. The topological polar surface area (TPSA) is 39.7 Å². The number of nitrogens with zero attached hydrogens (tertiary/aromatic N) is 2. The van der Waals surface area contributed by atoms with E-state index in [9.17, 15) is 0 Å². The standard InChI is InChI=1S/C17H30N4S/c1-4-21-9-5-7-15(21)13-20-17(18-3)19-12-14(2)11-16-8-6-10-22-16/h6,8,10,14-15H,4-5,7,9,11-13H2,1-3H3,(H2,18,19,20). The van der Waals surface area contributed by atoms with Crippen molar-refractivity contribution in [3.63, 3.8) is 0 Å². The molecule has 1 saturated heterocycles. The Balaban J connectivity index is 1.68. The summed E-state index contributed by atoms with van der Waals surface area (Å²) in [7, 11) is 1.85. The Morgan fingerprint density at radius 2 is 2.36 bits per heavy atom. The van der Waals surface area contributed by atoms with E-state index < -0.39 is 0 Å². The molecular weight excluding hydrogens is 292 g/mol. The summed E-state index contributed by atoms with van der Waals surface area (Å²) < 4.78 is 0. The van der Waals surface area contributed by atoms with E-state index >= 15 is 0 Å². The summed E-state index contributed by atoms with van der Waals surface area (Å²) in [6.07, 6.45) is 3.75. The number of hydrogen-bond donors (Lipinski definition) is 2. The van der Waals surface area contributed by atoms with Gasteiger partial charge < -0.3 is 10.6 Å². The van der Waals surface area contributed by atoms with Gasteiger partial charge in [0.05, 0.1) is 0 Å². The van der Waals surface area contributed by atoms with Gasteiger partial charge in [-0.2, -0.15) is 0 Å². The van der Waals surface area contributed by atoms with Crippen molar-refractivity contribution in [3.8, 4) is 0 Å². The first kappa shape index (κ1) is 17.3. The Hall–Kier alpha value is -1.07. The van der Waals surface area contributed by atoms with Gasteiger partial charge in [0.15, 0.2) is 5.96 Å². The Morgan fingerprint density at radius 1 is 1.50 bits per heavy atom. The number of likely N-dealkylation sites (tertiary alicyclic amines) is 1. The van der Waals surface area contributed by atoms with E-state index in [1.807, 2.05) is 18.4 Å². The molecule has 0 aromatic carbocycles. The molecule has 0 amide bonds. The lowest BCUT2D eigenvalue weighted by atomic mass is 10.1. The number of aliphatic imine (C=N–C) groups is 1. The monoisotopic (exact) mass is 322 g/mol. The summed E-state index contributed by atoms with van der Waals surface area (Å²) in [5, 5.41) is 9.10. The van der Waals surface area contributed by atoms with Crippen LogP contribution in [0, 0.1) is 5.92 Å². The fourth-order valence-electron chi connectivity index (χ4n) is 3.09. The highest BCUT2D eigenvalue weighted by Crippen LogP contribution is 2.15. The lowest BCUT2D eigenvalue weighted by molar-refractivity contribution is 0.267. The fourth-order valence-corrected chi connectivity index (χ4v) is 3.96. The number of likely N-dealkylation sites (N-methyl/N-ethyl adjacent to an activating group) is 1. The summed E-state index contributed by atoms with van der Waals surface area (Å²) in [6, 6.07) is 5.00. The summed E-state index contributed by atoms with van der Waals surface area (Å²) in [4.78, 5) is 8.36. The van der Waals surface area contributed by atoms with Crippen LogP contribution < -0.4 is 10.6 Å². The SMILES string of the molecule is CCN1CCCC1CNC(=NC)NCC(C)Cc1cccs1. The first-order chi connectivity index (χ1) is 10.7. The molecular formula is C17H30N4S. The van der Waals surface area contributed by atoms with Gasteiger partial charge in [0.25, 0.3) is 0 Å². The molecule has 2 N–H and O–H groups in total. The van der Waals surface area contributed by atoms with Crippen LogP contribution in [0.5, 0.6) is 0 Å². The third-order valence-corrected chi connectivity index (χ3v) is 5.28. The van der Waals surface area contributed by atoms with Crippen molar-refractivity contribution in [2.75, 3.05) is 33.2 Å². The average Bonchev–Trinajstić information content (AvgIpc) is 3.18. The van der Waals surface area contributed by atoms with Crippen molar-refractivity contribution in [2.24, 2.45) is 10.9 Å². The van der Waals surface area contributed by atoms with Crippen LogP contribution in [0.15, 0.2) is 22.5 Å². The lowest BCUT2D eigenvalue weighted by Crippen LogP contribution is -2.45. The molecule has 22 heavy (non-hydrogen) atoms. The largest absolute Gasteiger partial charge is 0.356 e. The molecule has 124 valence electrons. The van der Waals surface area contributed by atoms with Gasteiger partial charge in [-0.05, 0) is 49.7 Å². The third kappa shape index (κ3) is 5.29. The van der Waals surface area contributed by atoms with Crippen molar-refractivity contribution in [2.45, 2.75) is 39.2 Å². The van der Waals surface area contributed by atoms with Gasteiger partial charge >= 0.3 is 0 Å². The first-order valence-corrected chi connectivity index (χ1v) is 9.31. The number of nitrogens with one attached hydrogen (secondary N) is 2. The molecule has 0 spiro atoms. The van der Waals surface area contributed by atoms with Gasteiger partial charge in [-0.3, -0.25) is 9.89 Å². The highest BCUT2D eigenvalue weighted by Gasteiger charge is 2.22. The smallest absolute Gasteiger partial charge is 0.191 e. The van der Waals surface area contributed by atoms with E-state index in [2.05, 4.69) is 51.9 Å². The summed E-state index contributed by atoms with van der Waals surface area (Å²) >= 11 is 1.84. The molecule has 2 rings (SSSR count). The molecule has 1 aromatic rings. The molecule has 2 atom stereocenters. The maximum Gasteiger partial charge on any atom is 0.191 e. The van der Waals surface area contributed by atoms with Gasteiger partial charge in [-0.1, -0.05) is 19.9 Å². The maximum absolute atomic E-state index is 4.35. The number of guanidine groups is 1. The predicted octanol–water partition coefficient (Wildman–Crippen LogP) is 2.58. The van der Waals surface area contributed by atoms with Crippen molar-refractivity contribution >= 4 is 17.3 Å². The van der Waals surface area contributed by atoms with Gasteiger partial charge in [0, 0.05) is 31.1 Å². The van der Waals surface area contributed by atoms with Gasteiger partial charge in [0.2, 0.25) is 0 Å². The van der Waals surface area contributed by atoms with Crippen molar-refractivity contribution < 1.29 is 0 Å².